The molecule has 3 aromatic carbocycles. The molecular weight excluding hydrogens is 424 g/mol. The van der Waals surface area contributed by atoms with Crippen molar-refractivity contribution in [2.45, 2.75) is 38.5 Å². The molecular formula is C30H30O4. The quantitative estimate of drug-likeness (QED) is 0.221. The van der Waals surface area contributed by atoms with Crippen LogP contribution in [0.3, 0.4) is 0 Å². The number of benzene rings is 3. The van der Waals surface area contributed by atoms with Crippen molar-refractivity contribution in [2.75, 3.05) is 0 Å². The van der Waals surface area contributed by atoms with Crippen LogP contribution in [0.4, 0.5) is 0 Å². The zero-order valence-electron chi connectivity index (χ0n) is 20.1. The predicted octanol–water partition coefficient (Wildman–Crippen LogP) is 6.52. The summed E-state index contributed by atoms with van der Waals surface area (Å²) < 4.78 is 10.4. The van der Waals surface area contributed by atoms with Crippen LogP contribution in [0.1, 0.15) is 49.9 Å². The largest absolute Gasteiger partial charge is 0.423 e. The van der Waals surface area contributed by atoms with Crippen molar-refractivity contribution >= 4 is 11.9 Å². The van der Waals surface area contributed by atoms with Gasteiger partial charge in [-0.1, -0.05) is 89.4 Å². The summed E-state index contributed by atoms with van der Waals surface area (Å²) in [5.74, 6) is 0.0360. The first kappa shape index (κ1) is 24.7. The molecule has 174 valence electrons. The molecule has 0 saturated heterocycles. The Labute approximate surface area is 201 Å². The predicted molar refractivity (Wildman–Crippen MR) is 135 cm³/mol. The van der Waals surface area contributed by atoms with E-state index in [0.717, 1.165) is 23.3 Å². The van der Waals surface area contributed by atoms with Crippen LogP contribution in [0.15, 0.2) is 98.1 Å². The Balaban J connectivity index is 1.80. The molecule has 34 heavy (non-hydrogen) atoms. The van der Waals surface area contributed by atoms with Gasteiger partial charge in [-0.25, -0.2) is 9.59 Å². The molecule has 0 aliphatic carbocycles. The van der Waals surface area contributed by atoms with Crippen LogP contribution in [0.25, 0.3) is 0 Å². The summed E-state index contributed by atoms with van der Waals surface area (Å²) in [4.78, 5) is 22.8. The lowest BCUT2D eigenvalue weighted by molar-refractivity contribution is -0.129. The van der Waals surface area contributed by atoms with Crippen molar-refractivity contribution < 1.29 is 19.1 Å². The van der Waals surface area contributed by atoms with Gasteiger partial charge in [0.1, 0.15) is 11.5 Å². The molecule has 0 saturated carbocycles. The Morgan fingerprint density at radius 1 is 0.559 bits per heavy atom. The average molecular weight is 455 g/mol. The number of hydrogen-bond acceptors (Lipinski definition) is 4. The minimum Gasteiger partial charge on any atom is -0.423 e. The van der Waals surface area contributed by atoms with E-state index in [2.05, 4.69) is 65.1 Å². The lowest BCUT2D eigenvalue weighted by Crippen LogP contribution is -2.21. The first-order valence-corrected chi connectivity index (χ1v) is 11.1. The standard InChI is InChI=1S/C30H30O4/c1-7-27(31)33-25-17-13-23(14-18-25)29(3,4)21-9-11-22(12-10-21)30(5,6)24-15-19-26(20-16-24)34-28(32)8-2/h7-20H,1-2H2,3-6H3. The normalized spacial score (nSPS) is 11.4. The van der Waals surface area contributed by atoms with Crippen LogP contribution in [0, 0.1) is 0 Å². The van der Waals surface area contributed by atoms with Crippen molar-refractivity contribution in [1.82, 2.24) is 0 Å². The Hall–Kier alpha value is -3.92. The molecule has 0 bridgehead atoms. The molecule has 0 N–H and O–H groups in total. The first-order valence-electron chi connectivity index (χ1n) is 11.1. The first-order chi connectivity index (χ1) is 16.1. The number of ether oxygens (including phenoxy) is 2. The molecule has 4 heteroatoms. The Morgan fingerprint density at radius 2 is 0.794 bits per heavy atom. The average Bonchev–Trinajstić information content (AvgIpc) is 2.84. The van der Waals surface area contributed by atoms with Crippen LogP contribution in [0.2, 0.25) is 0 Å². The smallest absolute Gasteiger partial charge is 0.335 e. The molecule has 3 rings (SSSR count). The van der Waals surface area contributed by atoms with E-state index in [9.17, 15) is 9.59 Å². The summed E-state index contributed by atoms with van der Waals surface area (Å²) in [7, 11) is 0. The second-order valence-corrected chi connectivity index (χ2v) is 9.13. The van der Waals surface area contributed by atoms with Crippen molar-refractivity contribution in [2.24, 2.45) is 0 Å². The maximum Gasteiger partial charge on any atom is 0.335 e. The minimum atomic E-state index is -0.474. The molecule has 0 radical (unpaired) electrons. The van der Waals surface area contributed by atoms with E-state index in [1.165, 1.54) is 11.1 Å². The van der Waals surface area contributed by atoms with Gasteiger partial charge in [0.15, 0.2) is 0 Å². The molecule has 0 aliphatic rings. The van der Waals surface area contributed by atoms with E-state index < -0.39 is 11.9 Å². The zero-order chi connectivity index (χ0) is 24.9. The number of rotatable bonds is 8. The monoisotopic (exact) mass is 454 g/mol. The number of esters is 2. The van der Waals surface area contributed by atoms with Crippen LogP contribution in [-0.4, -0.2) is 11.9 Å². The Kier molecular flexibility index (Phi) is 7.21. The summed E-state index contributed by atoms with van der Waals surface area (Å²) in [6, 6.07) is 23.7. The summed E-state index contributed by atoms with van der Waals surface area (Å²) in [6.45, 7) is 15.5. The van der Waals surface area contributed by atoms with E-state index >= 15 is 0 Å². The van der Waals surface area contributed by atoms with E-state index in [1.807, 2.05) is 24.3 Å². The van der Waals surface area contributed by atoms with E-state index in [4.69, 9.17) is 9.47 Å². The third kappa shape index (κ3) is 5.34. The van der Waals surface area contributed by atoms with Crippen LogP contribution in [-0.2, 0) is 20.4 Å². The van der Waals surface area contributed by atoms with Crippen LogP contribution < -0.4 is 9.47 Å². The third-order valence-electron chi connectivity index (χ3n) is 6.25. The SMILES string of the molecule is C=CC(=O)Oc1ccc(C(C)(C)c2ccc(C(C)(C)c3ccc(OC(=O)C=C)cc3)cc2)cc1. The highest BCUT2D eigenvalue weighted by Gasteiger charge is 2.26. The second kappa shape index (κ2) is 9.92. The topological polar surface area (TPSA) is 52.6 Å². The summed E-state index contributed by atoms with van der Waals surface area (Å²) >= 11 is 0. The molecule has 0 heterocycles. The van der Waals surface area contributed by atoms with Gasteiger partial charge < -0.3 is 9.47 Å². The molecule has 0 unspecified atom stereocenters. The maximum atomic E-state index is 11.4. The molecule has 0 spiro atoms. The highest BCUT2D eigenvalue weighted by Crippen LogP contribution is 2.36. The molecule has 0 aromatic heterocycles. The second-order valence-electron chi connectivity index (χ2n) is 9.13. The van der Waals surface area contributed by atoms with Gasteiger partial charge in [0.05, 0.1) is 0 Å². The summed E-state index contributed by atoms with van der Waals surface area (Å²) in [5.41, 5.74) is 4.11. The van der Waals surface area contributed by atoms with Gasteiger partial charge in [-0.15, -0.1) is 0 Å². The molecule has 0 aliphatic heterocycles. The fraction of sp³-hybridized carbons (Fsp3) is 0.200. The lowest BCUT2D eigenvalue weighted by atomic mass is 9.74. The molecule has 0 amide bonds. The zero-order valence-corrected chi connectivity index (χ0v) is 20.1. The number of carbonyl (C=O) groups excluding carboxylic acids is 2. The van der Waals surface area contributed by atoms with Crippen molar-refractivity contribution in [3.63, 3.8) is 0 Å². The van der Waals surface area contributed by atoms with E-state index in [-0.39, 0.29) is 10.8 Å². The Bertz CT molecular complexity index is 1090. The van der Waals surface area contributed by atoms with Gasteiger partial charge in [-0.05, 0) is 46.5 Å². The summed E-state index contributed by atoms with van der Waals surface area (Å²) in [5, 5.41) is 0. The third-order valence-corrected chi connectivity index (χ3v) is 6.25. The molecule has 4 nitrogen and oxygen atoms in total. The maximum absolute atomic E-state index is 11.4. The van der Waals surface area contributed by atoms with E-state index in [1.54, 1.807) is 24.3 Å². The molecule has 3 aromatic rings. The summed E-state index contributed by atoms with van der Waals surface area (Å²) in [6.07, 6.45) is 2.29. The highest BCUT2D eigenvalue weighted by molar-refractivity contribution is 5.83. The molecule has 0 fully saturated rings. The van der Waals surface area contributed by atoms with Crippen molar-refractivity contribution in [1.29, 1.82) is 0 Å². The lowest BCUT2D eigenvalue weighted by Gasteiger charge is -2.29. The van der Waals surface area contributed by atoms with Crippen molar-refractivity contribution in [3.8, 4) is 11.5 Å². The number of carbonyl (C=O) groups is 2. The van der Waals surface area contributed by atoms with Gasteiger partial charge >= 0.3 is 11.9 Å². The number of hydrogen-bond donors (Lipinski definition) is 0. The van der Waals surface area contributed by atoms with Gasteiger partial charge in [0.25, 0.3) is 0 Å². The fourth-order valence-corrected chi connectivity index (χ4v) is 3.83. The van der Waals surface area contributed by atoms with Crippen molar-refractivity contribution in [3.05, 3.63) is 120 Å². The molecule has 0 atom stereocenters. The van der Waals surface area contributed by atoms with Gasteiger partial charge in [0, 0.05) is 23.0 Å². The fourth-order valence-electron chi connectivity index (χ4n) is 3.83. The Morgan fingerprint density at radius 3 is 1.03 bits per heavy atom. The van der Waals surface area contributed by atoms with Gasteiger partial charge in [-0.2, -0.15) is 0 Å². The van der Waals surface area contributed by atoms with Crippen LogP contribution >= 0.6 is 0 Å². The minimum absolute atomic E-state index is 0.236. The van der Waals surface area contributed by atoms with Crippen LogP contribution in [0.5, 0.6) is 11.5 Å². The highest BCUT2D eigenvalue weighted by atomic mass is 16.5. The van der Waals surface area contributed by atoms with E-state index in [0.29, 0.717) is 11.5 Å². The van der Waals surface area contributed by atoms with Gasteiger partial charge in [-0.3, -0.25) is 0 Å². The van der Waals surface area contributed by atoms with Gasteiger partial charge in [0.2, 0.25) is 0 Å².